The lowest BCUT2D eigenvalue weighted by Crippen LogP contribution is -1.84. The number of thioether (sulfide) groups is 1. The Hall–Kier alpha value is -1.01. The highest BCUT2D eigenvalue weighted by Crippen LogP contribution is 2.32. The van der Waals surface area contributed by atoms with Gasteiger partial charge in [0.2, 0.25) is 0 Å². The van der Waals surface area contributed by atoms with Gasteiger partial charge in [-0.3, -0.25) is 0 Å². The summed E-state index contributed by atoms with van der Waals surface area (Å²) in [6.07, 6.45) is 0. The highest BCUT2D eigenvalue weighted by molar-refractivity contribution is 7.98. The molecule has 0 aliphatic carbocycles. The Labute approximate surface area is 133 Å². The number of hydrogen-bond donors (Lipinski definition) is 0. The van der Waals surface area contributed by atoms with Gasteiger partial charge in [-0.1, -0.05) is 28.4 Å². The summed E-state index contributed by atoms with van der Waals surface area (Å²) >= 11 is 15.2. The lowest BCUT2D eigenvalue weighted by atomic mass is 10.3. The molecule has 2 aromatic heterocycles. The number of rotatable bonds is 4. The first-order chi connectivity index (χ1) is 9.72. The molecule has 0 amide bonds. The lowest BCUT2D eigenvalue weighted by Gasteiger charge is -2.02. The molecule has 0 spiro atoms. The van der Waals surface area contributed by atoms with E-state index in [0.717, 1.165) is 10.5 Å². The van der Waals surface area contributed by atoms with Crippen molar-refractivity contribution in [1.29, 1.82) is 0 Å². The van der Waals surface area contributed by atoms with Crippen LogP contribution in [0.15, 0.2) is 44.4 Å². The molecular formula is C13H8Cl2N2OS2. The average molecular weight is 343 g/mol. The van der Waals surface area contributed by atoms with Crippen LogP contribution in [0.2, 0.25) is 10.0 Å². The molecule has 20 heavy (non-hydrogen) atoms. The van der Waals surface area contributed by atoms with Gasteiger partial charge in [-0.05, 0) is 29.6 Å². The van der Waals surface area contributed by atoms with Gasteiger partial charge in [0.1, 0.15) is 0 Å². The van der Waals surface area contributed by atoms with Gasteiger partial charge >= 0.3 is 0 Å². The van der Waals surface area contributed by atoms with Crippen molar-refractivity contribution in [2.24, 2.45) is 0 Å². The molecule has 2 heterocycles. The van der Waals surface area contributed by atoms with Crippen LogP contribution in [0.5, 0.6) is 0 Å². The van der Waals surface area contributed by atoms with Crippen molar-refractivity contribution in [3.8, 4) is 11.5 Å². The Bertz CT molecular complexity index is 713. The predicted molar refractivity (Wildman–Crippen MR) is 83.6 cm³/mol. The van der Waals surface area contributed by atoms with E-state index in [4.69, 9.17) is 27.7 Å². The molecule has 102 valence electrons. The van der Waals surface area contributed by atoms with Crippen LogP contribution in [0.3, 0.4) is 0 Å². The van der Waals surface area contributed by atoms with Crippen LogP contribution in [-0.4, -0.2) is 10.1 Å². The lowest BCUT2D eigenvalue weighted by molar-refractivity contribution is 0.425. The molecule has 0 saturated carbocycles. The highest BCUT2D eigenvalue weighted by Gasteiger charge is 2.10. The summed E-state index contributed by atoms with van der Waals surface area (Å²) in [5, 5.41) is 9.23. The molecule has 0 aliphatic heterocycles. The Morgan fingerprint density at radius 3 is 2.95 bits per heavy atom. The quantitative estimate of drug-likeness (QED) is 0.595. The number of thiophene rings is 1. The van der Waals surface area contributed by atoms with E-state index >= 15 is 0 Å². The first-order valence-electron chi connectivity index (χ1n) is 5.65. The van der Waals surface area contributed by atoms with Crippen molar-refractivity contribution >= 4 is 46.3 Å². The maximum Gasteiger partial charge on any atom is 0.258 e. The smallest absolute Gasteiger partial charge is 0.258 e. The summed E-state index contributed by atoms with van der Waals surface area (Å²) in [7, 11) is 0. The molecule has 0 aliphatic rings. The Balaban J connectivity index is 1.71. The number of halogens is 2. The fourth-order valence-corrected chi connectivity index (χ4v) is 3.51. The fraction of sp³-hybridized carbons (Fsp3) is 0.0769. The second-order valence-corrected chi connectivity index (χ2v) is 6.53. The number of benzene rings is 1. The molecule has 3 aromatic rings. The van der Waals surface area contributed by atoms with Gasteiger partial charge in [-0.15, -0.1) is 11.8 Å². The number of aromatic nitrogens is 2. The molecule has 1 aromatic carbocycles. The maximum atomic E-state index is 6.11. The van der Waals surface area contributed by atoms with Gasteiger partial charge < -0.3 is 4.52 Å². The van der Waals surface area contributed by atoms with Gasteiger partial charge in [0, 0.05) is 15.3 Å². The molecule has 0 N–H and O–H groups in total. The third-order valence-corrected chi connectivity index (χ3v) is 4.90. The highest BCUT2D eigenvalue weighted by atomic mass is 35.5. The van der Waals surface area contributed by atoms with Crippen LogP contribution >= 0.6 is 46.3 Å². The van der Waals surface area contributed by atoms with Crippen molar-refractivity contribution in [1.82, 2.24) is 10.1 Å². The summed E-state index contributed by atoms with van der Waals surface area (Å²) in [6.45, 7) is 0. The van der Waals surface area contributed by atoms with Crippen molar-refractivity contribution in [3.05, 3.63) is 50.9 Å². The van der Waals surface area contributed by atoms with Gasteiger partial charge in [0.15, 0.2) is 5.82 Å². The minimum atomic E-state index is 0.541. The first-order valence-corrected chi connectivity index (χ1v) is 8.34. The Morgan fingerprint density at radius 2 is 2.15 bits per heavy atom. The van der Waals surface area contributed by atoms with Crippen molar-refractivity contribution in [2.45, 2.75) is 10.6 Å². The zero-order valence-corrected chi connectivity index (χ0v) is 13.2. The van der Waals surface area contributed by atoms with E-state index < -0.39 is 0 Å². The summed E-state index contributed by atoms with van der Waals surface area (Å²) in [5.74, 6) is 1.75. The molecule has 0 bridgehead atoms. The molecule has 0 saturated heterocycles. The summed E-state index contributed by atoms with van der Waals surface area (Å²) in [4.78, 5) is 5.26. The van der Waals surface area contributed by atoms with Gasteiger partial charge in [0.05, 0.1) is 16.3 Å². The molecule has 3 rings (SSSR count). The van der Waals surface area contributed by atoms with Crippen LogP contribution in [0.4, 0.5) is 0 Å². The fourth-order valence-electron chi connectivity index (χ4n) is 1.55. The van der Waals surface area contributed by atoms with Crippen LogP contribution in [0.25, 0.3) is 11.5 Å². The second kappa shape index (κ2) is 6.18. The van der Waals surface area contributed by atoms with Gasteiger partial charge in [0.25, 0.3) is 5.89 Å². The normalized spacial score (nSPS) is 10.9. The van der Waals surface area contributed by atoms with E-state index in [1.54, 1.807) is 23.5 Å². The Kier molecular flexibility index (Phi) is 4.31. The van der Waals surface area contributed by atoms with Crippen LogP contribution in [0, 0.1) is 0 Å². The third kappa shape index (κ3) is 3.17. The topological polar surface area (TPSA) is 38.9 Å². The second-order valence-electron chi connectivity index (χ2n) is 3.89. The molecular weight excluding hydrogens is 335 g/mol. The zero-order valence-electron chi connectivity index (χ0n) is 10.0. The van der Waals surface area contributed by atoms with Crippen LogP contribution < -0.4 is 0 Å². The molecule has 0 fully saturated rings. The number of nitrogens with zero attached hydrogens (tertiary/aromatic N) is 2. The number of hydrogen-bond acceptors (Lipinski definition) is 5. The average Bonchev–Trinajstić information content (AvgIpc) is 3.09. The first kappa shape index (κ1) is 13.9. The zero-order chi connectivity index (χ0) is 13.9. The Morgan fingerprint density at radius 1 is 1.25 bits per heavy atom. The maximum absolute atomic E-state index is 6.11. The molecule has 0 atom stereocenters. The predicted octanol–water partition coefficient (Wildman–Crippen LogP) is 5.40. The summed E-state index contributed by atoms with van der Waals surface area (Å²) < 4.78 is 5.22. The summed E-state index contributed by atoms with van der Waals surface area (Å²) in [6, 6.07) is 7.31. The van der Waals surface area contributed by atoms with E-state index in [2.05, 4.69) is 10.1 Å². The van der Waals surface area contributed by atoms with Crippen molar-refractivity contribution < 1.29 is 4.52 Å². The van der Waals surface area contributed by atoms with E-state index in [0.29, 0.717) is 27.5 Å². The monoisotopic (exact) mass is 342 g/mol. The SMILES string of the molecule is Clc1ccc(Cl)c(SCc2noc(-c3ccsc3)n2)c1. The standard InChI is InChI=1S/C13H8Cl2N2OS2/c14-9-1-2-10(15)11(5-9)20-7-12-16-13(18-17-12)8-3-4-19-6-8/h1-6H,7H2. The third-order valence-electron chi connectivity index (χ3n) is 2.49. The molecule has 0 radical (unpaired) electrons. The van der Waals surface area contributed by atoms with Crippen LogP contribution in [-0.2, 0) is 5.75 Å². The minimum Gasteiger partial charge on any atom is -0.334 e. The van der Waals surface area contributed by atoms with E-state index in [1.165, 1.54) is 11.8 Å². The van der Waals surface area contributed by atoms with Gasteiger partial charge in [-0.25, -0.2) is 0 Å². The van der Waals surface area contributed by atoms with E-state index in [9.17, 15) is 0 Å². The van der Waals surface area contributed by atoms with Crippen LogP contribution in [0.1, 0.15) is 5.82 Å². The van der Waals surface area contributed by atoms with Crippen molar-refractivity contribution in [3.63, 3.8) is 0 Å². The van der Waals surface area contributed by atoms with E-state index in [1.807, 2.05) is 22.9 Å². The molecule has 0 unspecified atom stereocenters. The molecule has 7 heteroatoms. The minimum absolute atomic E-state index is 0.541. The molecule has 3 nitrogen and oxygen atoms in total. The largest absolute Gasteiger partial charge is 0.334 e. The van der Waals surface area contributed by atoms with Gasteiger partial charge in [-0.2, -0.15) is 16.3 Å². The van der Waals surface area contributed by atoms with E-state index in [-0.39, 0.29) is 0 Å². The summed E-state index contributed by atoms with van der Waals surface area (Å²) in [5.41, 5.74) is 0.944. The van der Waals surface area contributed by atoms with Crippen molar-refractivity contribution in [2.75, 3.05) is 0 Å².